The number of amides is 1. The minimum absolute atomic E-state index is 0.266. The SMILES string of the molecule is Cc1cc(/C=N/NC(=O)c2ccc(-n3c(-c4ccccc4)ccc3-c3ccccc3)cc2)c(C)n1-c1ccc(-c2ccccc2)cc1. The van der Waals surface area contributed by atoms with Crippen LogP contribution in [0, 0.1) is 13.8 Å². The summed E-state index contributed by atoms with van der Waals surface area (Å²) in [5.74, 6) is -0.266. The van der Waals surface area contributed by atoms with Crippen molar-refractivity contribution < 1.29 is 4.79 Å². The molecule has 1 amide bonds. The molecule has 7 rings (SSSR count). The molecular weight excluding hydrogens is 576 g/mol. The van der Waals surface area contributed by atoms with E-state index in [4.69, 9.17) is 0 Å². The van der Waals surface area contributed by atoms with Crippen LogP contribution in [0.5, 0.6) is 0 Å². The summed E-state index contributed by atoms with van der Waals surface area (Å²) in [5.41, 5.74) is 15.1. The first-order chi connectivity index (χ1) is 23.1. The summed E-state index contributed by atoms with van der Waals surface area (Å²) >= 11 is 0. The Hall–Kier alpha value is -6.20. The summed E-state index contributed by atoms with van der Waals surface area (Å²) < 4.78 is 4.43. The monoisotopic (exact) mass is 610 g/mol. The minimum Gasteiger partial charge on any atom is -0.318 e. The number of aromatic nitrogens is 2. The quantitative estimate of drug-likeness (QED) is 0.135. The smallest absolute Gasteiger partial charge is 0.271 e. The van der Waals surface area contributed by atoms with Crippen molar-refractivity contribution in [2.24, 2.45) is 5.10 Å². The third-order valence-electron chi connectivity index (χ3n) is 8.48. The molecule has 5 aromatic carbocycles. The average molecular weight is 611 g/mol. The summed E-state index contributed by atoms with van der Waals surface area (Å²) in [6.07, 6.45) is 1.71. The first-order valence-electron chi connectivity index (χ1n) is 15.7. The molecule has 2 aromatic heterocycles. The molecule has 47 heavy (non-hydrogen) atoms. The van der Waals surface area contributed by atoms with Crippen molar-refractivity contribution in [3.63, 3.8) is 0 Å². The van der Waals surface area contributed by atoms with E-state index in [9.17, 15) is 4.79 Å². The van der Waals surface area contributed by atoms with Gasteiger partial charge in [-0.15, -0.1) is 0 Å². The Morgan fingerprint density at radius 2 is 1.02 bits per heavy atom. The zero-order valence-corrected chi connectivity index (χ0v) is 26.3. The highest BCUT2D eigenvalue weighted by Gasteiger charge is 2.15. The third kappa shape index (κ3) is 6.07. The van der Waals surface area contributed by atoms with Gasteiger partial charge in [-0.05, 0) is 90.7 Å². The summed E-state index contributed by atoms with van der Waals surface area (Å²) in [4.78, 5) is 13.1. The molecule has 0 radical (unpaired) electrons. The molecule has 0 unspecified atom stereocenters. The van der Waals surface area contributed by atoms with Gasteiger partial charge < -0.3 is 9.13 Å². The topological polar surface area (TPSA) is 51.3 Å². The van der Waals surface area contributed by atoms with Gasteiger partial charge >= 0.3 is 0 Å². The Balaban J connectivity index is 1.08. The number of carbonyl (C=O) groups is 1. The van der Waals surface area contributed by atoms with E-state index >= 15 is 0 Å². The molecule has 7 aromatic rings. The second-order valence-corrected chi connectivity index (χ2v) is 11.5. The maximum absolute atomic E-state index is 13.1. The van der Waals surface area contributed by atoms with Crippen LogP contribution in [0.1, 0.15) is 27.3 Å². The van der Waals surface area contributed by atoms with Gasteiger partial charge in [0.15, 0.2) is 0 Å². The van der Waals surface area contributed by atoms with E-state index in [-0.39, 0.29) is 5.91 Å². The number of hydrogen-bond donors (Lipinski definition) is 1. The van der Waals surface area contributed by atoms with Crippen LogP contribution in [0.4, 0.5) is 0 Å². The van der Waals surface area contributed by atoms with E-state index in [1.54, 1.807) is 6.21 Å². The molecule has 0 saturated heterocycles. The lowest BCUT2D eigenvalue weighted by Gasteiger charge is -2.15. The molecule has 0 spiro atoms. The van der Waals surface area contributed by atoms with Gasteiger partial charge in [-0.1, -0.05) is 103 Å². The largest absolute Gasteiger partial charge is 0.318 e. The van der Waals surface area contributed by atoms with Crippen LogP contribution in [0.15, 0.2) is 163 Å². The molecule has 0 atom stereocenters. The average Bonchev–Trinajstić information content (AvgIpc) is 3.70. The number of nitrogens with zero attached hydrogens (tertiary/aromatic N) is 3. The van der Waals surface area contributed by atoms with Gasteiger partial charge in [-0.25, -0.2) is 5.43 Å². The first kappa shape index (κ1) is 29.5. The van der Waals surface area contributed by atoms with E-state index in [0.29, 0.717) is 5.56 Å². The molecule has 228 valence electrons. The lowest BCUT2D eigenvalue weighted by molar-refractivity contribution is 0.0955. The normalized spacial score (nSPS) is 11.2. The highest BCUT2D eigenvalue weighted by molar-refractivity contribution is 5.95. The Morgan fingerprint density at radius 1 is 0.553 bits per heavy atom. The van der Waals surface area contributed by atoms with Gasteiger partial charge in [-0.3, -0.25) is 4.79 Å². The van der Waals surface area contributed by atoms with Crippen molar-refractivity contribution in [3.8, 4) is 45.0 Å². The van der Waals surface area contributed by atoms with Crippen molar-refractivity contribution in [1.29, 1.82) is 0 Å². The molecule has 0 fully saturated rings. The Labute approximate surface area is 275 Å². The zero-order chi connectivity index (χ0) is 32.2. The van der Waals surface area contributed by atoms with Crippen LogP contribution in [-0.2, 0) is 0 Å². The van der Waals surface area contributed by atoms with Crippen LogP contribution in [0.2, 0.25) is 0 Å². The second-order valence-electron chi connectivity index (χ2n) is 11.5. The van der Waals surface area contributed by atoms with Gasteiger partial charge in [0, 0.05) is 33.9 Å². The predicted octanol–water partition coefficient (Wildman–Crippen LogP) is 9.65. The van der Waals surface area contributed by atoms with Crippen molar-refractivity contribution in [2.75, 3.05) is 0 Å². The number of hydrazone groups is 1. The fourth-order valence-corrected chi connectivity index (χ4v) is 6.12. The Bertz CT molecular complexity index is 2100. The Kier molecular flexibility index (Phi) is 8.18. The van der Waals surface area contributed by atoms with E-state index in [1.165, 1.54) is 11.1 Å². The van der Waals surface area contributed by atoms with Gasteiger partial charge in [0.1, 0.15) is 0 Å². The highest BCUT2D eigenvalue weighted by atomic mass is 16.2. The molecule has 0 saturated carbocycles. The molecule has 1 N–H and O–H groups in total. The first-order valence-corrected chi connectivity index (χ1v) is 15.7. The number of hydrogen-bond acceptors (Lipinski definition) is 2. The number of nitrogens with one attached hydrogen (secondary N) is 1. The van der Waals surface area contributed by atoms with E-state index in [1.807, 2.05) is 66.7 Å². The van der Waals surface area contributed by atoms with Gasteiger partial charge in [0.05, 0.1) is 17.6 Å². The number of aryl methyl sites for hydroxylation is 1. The molecule has 0 bridgehead atoms. The maximum atomic E-state index is 13.1. The van der Waals surface area contributed by atoms with Crippen LogP contribution >= 0.6 is 0 Å². The highest BCUT2D eigenvalue weighted by Crippen LogP contribution is 2.32. The van der Waals surface area contributed by atoms with E-state index < -0.39 is 0 Å². The second kappa shape index (κ2) is 13.0. The fourth-order valence-electron chi connectivity index (χ4n) is 6.12. The third-order valence-corrected chi connectivity index (χ3v) is 8.48. The zero-order valence-electron chi connectivity index (χ0n) is 26.3. The molecule has 5 nitrogen and oxygen atoms in total. The number of carbonyl (C=O) groups excluding carboxylic acids is 1. The standard InChI is InChI=1S/C42H34N4O/c1-30-28-37(31(2)45(30)38-22-18-33(19-23-38)32-12-6-3-7-13-32)29-43-44-42(47)36-20-24-39(25-21-36)46-40(34-14-8-4-9-15-34)26-27-41(46)35-16-10-5-11-17-35/h3-29H,1-2H3,(H,44,47)/b43-29+. The van der Waals surface area contributed by atoms with Crippen molar-refractivity contribution >= 4 is 12.1 Å². The van der Waals surface area contributed by atoms with E-state index in [0.717, 1.165) is 50.8 Å². The molecule has 0 aliphatic carbocycles. The van der Waals surface area contributed by atoms with Gasteiger partial charge in [0.2, 0.25) is 0 Å². The van der Waals surface area contributed by atoms with Crippen LogP contribution in [0.25, 0.3) is 45.0 Å². The minimum atomic E-state index is -0.266. The lowest BCUT2D eigenvalue weighted by Crippen LogP contribution is -2.17. The van der Waals surface area contributed by atoms with Crippen LogP contribution in [0.3, 0.4) is 0 Å². The molecule has 5 heteroatoms. The molecule has 2 heterocycles. The molecular formula is C42H34N4O. The molecule has 0 aliphatic rings. The van der Waals surface area contributed by atoms with E-state index in [2.05, 4.69) is 125 Å². The molecule has 0 aliphatic heterocycles. The summed E-state index contributed by atoms with van der Waals surface area (Å²) in [6.45, 7) is 4.14. The fraction of sp³-hybridized carbons (Fsp3) is 0.0476. The lowest BCUT2D eigenvalue weighted by atomic mass is 10.1. The number of rotatable bonds is 8. The summed E-state index contributed by atoms with van der Waals surface area (Å²) in [6, 6.07) is 53.6. The van der Waals surface area contributed by atoms with Crippen molar-refractivity contribution in [2.45, 2.75) is 13.8 Å². The van der Waals surface area contributed by atoms with Gasteiger partial charge in [-0.2, -0.15) is 5.10 Å². The van der Waals surface area contributed by atoms with Crippen molar-refractivity contribution in [1.82, 2.24) is 14.6 Å². The van der Waals surface area contributed by atoms with Crippen molar-refractivity contribution in [3.05, 3.63) is 180 Å². The maximum Gasteiger partial charge on any atom is 0.271 e. The van der Waals surface area contributed by atoms with Crippen LogP contribution < -0.4 is 5.43 Å². The Morgan fingerprint density at radius 3 is 1.57 bits per heavy atom. The predicted molar refractivity (Wildman–Crippen MR) is 192 cm³/mol. The van der Waals surface area contributed by atoms with Crippen LogP contribution in [-0.4, -0.2) is 21.3 Å². The number of benzene rings is 5. The summed E-state index contributed by atoms with van der Waals surface area (Å²) in [5, 5.41) is 4.32. The summed E-state index contributed by atoms with van der Waals surface area (Å²) in [7, 11) is 0. The van der Waals surface area contributed by atoms with Gasteiger partial charge in [0.25, 0.3) is 5.91 Å².